The summed E-state index contributed by atoms with van der Waals surface area (Å²) in [5, 5.41) is 0. The molecular formula is C21H18O5. The molecule has 132 valence electrons. The molecule has 1 atom stereocenters. The summed E-state index contributed by atoms with van der Waals surface area (Å²) in [6, 6.07) is 10.9. The Morgan fingerprint density at radius 2 is 1.85 bits per heavy atom. The van der Waals surface area contributed by atoms with Crippen molar-refractivity contribution in [2.75, 3.05) is 7.11 Å². The van der Waals surface area contributed by atoms with E-state index in [2.05, 4.69) is 0 Å². The topological polar surface area (TPSA) is 61.8 Å². The van der Waals surface area contributed by atoms with Crippen LogP contribution in [0.4, 0.5) is 0 Å². The van der Waals surface area contributed by atoms with Gasteiger partial charge in [0.15, 0.2) is 5.76 Å². The number of allylic oxidation sites excluding steroid dienone is 2. The zero-order chi connectivity index (χ0) is 18.4. The molecule has 0 fully saturated rings. The quantitative estimate of drug-likeness (QED) is 0.465. The molecule has 2 aliphatic rings. The Labute approximate surface area is 151 Å². The van der Waals surface area contributed by atoms with Gasteiger partial charge in [-0.05, 0) is 37.6 Å². The van der Waals surface area contributed by atoms with Crippen LogP contribution in [-0.2, 0) is 4.79 Å². The standard InChI is InChI=1S/C21H18O5/c1-11(2)20-19(23)13-8-9-16-18(21(13)26-20)14(10-17(22)25-16)12-6-4-5-7-15(12)24-3/h4-9,14H,10H2,1-3H3/t14-/m0/s1. The van der Waals surface area contributed by atoms with Crippen LogP contribution in [0.3, 0.4) is 0 Å². The highest BCUT2D eigenvalue weighted by Gasteiger charge is 2.39. The molecule has 0 aromatic heterocycles. The summed E-state index contributed by atoms with van der Waals surface area (Å²) < 4.78 is 16.8. The second kappa shape index (κ2) is 6.02. The van der Waals surface area contributed by atoms with Crippen molar-refractivity contribution in [2.45, 2.75) is 26.2 Å². The minimum Gasteiger partial charge on any atom is -0.496 e. The molecule has 2 aromatic carbocycles. The summed E-state index contributed by atoms with van der Waals surface area (Å²) in [6.07, 6.45) is 0.158. The van der Waals surface area contributed by atoms with E-state index in [1.807, 2.05) is 38.1 Å². The highest BCUT2D eigenvalue weighted by Crippen LogP contribution is 2.50. The summed E-state index contributed by atoms with van der Waals surface area (Å²) in [6.45, 7) is 3.67. The van der Waals surface area contributed by atoms with Gasteiger partial charge < -0.3 is 14.2 Å². The predicted octanol–water partition coefficient (Wildman–Crippen LogP) is 4.01. The monoisotopic (exact) mass is 350 g/mol. The third-order valence-electron chi connectivity index (χ3n) is 4.72. The number of benzene rings is 2. The van der Waals surface area contributed by atoms with Crippen molar-refractivity contribution >= 4 is 11.8 Å². The maximum Gasteiger partial charge on any atom is 0.312 e. The van der Waals surface area contributed by atoms with Crippen LogP contribution in [0, 0.1) is 0 Å². The minimum absolute atomic E-state index is 0.140. The summed E-state index contributed by atoms with van der Waals surface area (Å²) in [5.41, 5.74) is 2.89. The van der Waals surface area contributed by atoms with E-state index in [0.29, 0.717) is 28.6 Å². The van der Waals surface area contributed by atoms with Crippen molar-refractivity contribution in [3.63, 3.8) is 0 Å². The van der Waals surface area contributed by atoms with Crippen LogP contribution in [0.25, 0.3) is 0 Å². The first-order valence-electron chi connectivity index (χ1n) is 8.41. The van der Waals surface area contributed by atoms with Gasteiger partial charge in [-0.3, -0.25) is 9.59 Å². The molecule has 4 rings (SSSR count). The SMILES string of the molecule is COc1ccccc1[C@@H]1CC(=O)Oc2ccc3c(c21)OC(=C(C)C)C3=O. The van der Waals surface area contributed by atoms with E-state index in [1.165, 1.54) is 0 Å². The number of hydrogen-bond acceptors (Lipinski definition) is 5. The number of Topliss-reactive ketones (excluding diaryl/α,β-unsaturated/α-hetero) is 1. The Hall–Kier alpha value is -3.08. The molecule has 0 spiro atoms. The zero-order valence-electron chi connectivity index (χ0n) is 14.8. The van der Waals surface area contributed by atoms with E-state index < -0.39 is 0 Å². The Morgan fingerprint density at radius 1 is 1.08 bits per heavy atom. The van der Waals surface area contributed by atoms with Crippen LogP contribution < -0.4 is 14.2 Å². The molecule has 26 heavy (non-hydrogen) atoms. The fourth-order valence-electron chi connectivity index (χ4n) is 3.54. The van der Waals surface area contributed by atoms with Gasteiger partial charge in [-0.15, -0.1) is 0 Å². The second-order valence-corrected chi connectivity index (χ2v) is 6.59. The van der Waals surface area contributed by atoms with E-state index in [4.69, 9.17) is 14.2 Å². The molecule has 2 aromatic rings. The molecular weight excluding hydrogens is 332 g/mol. The van der Waals surface area contributed by atoms with Crippen LogP contribution >= 0.6 is 0 Å². The molecule has 5 nitrogen and oxygen atoms in total. The van der Waals surface area contributed by atoms with Crippen LogP contribution in [0.15, 0.2) is 47.7 Å². The first kappa shape index (κ1) is 16.4. The number of ether oxygens (including phenoxy) is 3. The van der Waals surface area contributed by atoms with Crippen LogP contribution in [0.2, 0.25) is 0 Å². The first-order valence-corrected chi connectivity index (χ1v) is 8.41. The lowest BCUT2D eigenvalue weighted by Crippen LogP contribution is -2.22. The molecule has 0 aliphatic carbocycles. The summed E-state index contributed by atoms with van der Waals surface area (Å²) in [7, 11) is 1.59. The zero-order valence-corrected chi connectivity index (χ0v) is 14.8. The summed E-state index contributed by atoms with van der Waals surface area (Å²) in [5.74, 6) is 1.16. The van der Waals surface area contributed by atoms with Crippen LogP contribution in [0.5, 0.6) is 17.2 Å². The van der Waals surface area contributed by atoms with Gasteiger partial charge in [0.1, 0.15) is 17.2 Å². The van der Waals surface area contributed by atoms with Gasteiger partial charge in [0, 0.05) is 17.0 Å². The number of hydrogen-bond donors (Lipinski definition) is 0. The van der Waals surface area contributed by atoms with Crippen molar-refractivity contribution in [1.82, 2.24) is 0 Å². The average molecular weight is 350 g/mol. The molecule has 0 saturated carbocycles. The molecule has 2 aliphatic heterocycles. The molecule has 0 saturated heterocycles. The van der Waals surface area contributed by atoms with E-state index >= 15 is 0 Å². The lowest BCUT2D eigenvalue weighted by atomic mass is 9.84. The lowest BCUT2D eigenvalue weighted by molar-refractivity contribution is -0.135. The average Bonchev–Trinajstić information content (AvgIpc) is 2.98. The highest BCUT2D eigenvalue weighted by molar-refractivity contribution is 6.13. The number of esters is 1. The Bertz CT molecular complexity index is 966. The number of para-hydroxylation sites is 1. The van der Waals surface area contributed by atoms with Crippen molar-refractivity contribution < 1.29 is 23.8 Å². The fraction of sp³-hybridized carbons (Fsp3) is 0.238. The maximum absolute atomic E-state index is 12.6. The van der Waals surface area contributed by atoms with Gasteiger partial charge in [-0.2, -0.15) is 0 Å². The molecule has 0 bridgehead atoms. The lowest BCUT2D eigenvalue weighted by Gasteiger charge is -2.27. The van der Waals surface area contributed by atoms with Crippen molar-refractivity contribution in [3.05, 3.63) is 64.4 Å². The fourth-order valence-corrected chi connectivity index (χ4v) is 3.54. The van der Waals surface area contributed by atoms with E-state index in [-0.39, 0.29) is 24.1 Å². The van der Waals surface area contributed by atoms with Crippen molar-refractivity contribution in [2.24, 2.45) is 0 Å². The summed E-state index contributed by atoms with van der Waals surface area (Å²) >= 11 is 0. The minimum atomic E-state index is -0.319. The van der Waals surface area contributed by atoms with Gasteiger partial charge >= 0.3 is 5.97 Å². The molecule has 2 heterocycles. The Kier molecular flexibility index (Phi) is 3.80. The molecule has 0 N–H and O–H groups in total. The molecule has 0 unspecified atom stereocenters. The van der Waals surface area contributed by atoms with Crippen LogP contribution in [0.1, 0.15) is 47.7 Å². The van der Waals surface area contributed by atoms with E-state index in [0.717, 1.165) is 16.7 Å². The first-order chi connectivity index (χ1) is 12.5. The number of ketones is 1. The Balaban J connectivity index is 1.95. The van der Waals surface area contributed by atoms with Crippen molar-refractivity contribution in [3.8, 4) is 17.2 Å². The molecule has 0 amide bonds. The third-order valence-corrected chi connectivity index (χ3v) is 4.72. The van der Waals surface area contributed by atoms with Crippen LogP contribution in [-0.4, -0.2) is 18.9 Å². The van der Waals surface area contributed by atoms with Gasteiger partial charge in [0.05, 0.1) is 19.1 Å². The second-order valence-electron chi connectivity index (χ2n) is 6.59. The molecule has 5 heteroatoms. The number of carbonyl (C=O) groups excluding carboxylic acids is 2. The highest BCUT2D eigenvalue weighted by atomic mass is 16.5. The Morgan fingerprint density at radius 3 is 2.58 bits per heavy atom. The molecule has 0 radical (unpaired) electrons. The number of carbonyl (C=O) groups is 2. The van der Waals surface area contributed by atoms with Gasteiger partial charge in [0.2, 0.25) is 5.78 Å². The third kappa shape index (κ3) is 2.39. The van der Waals surface area contributed by atoms with E-state index in [9.17, 15) is 9.59 Å². The van der Waals surface area contributed by atoms with Crippen molar-refractivity contribution in [1.29, 1.82) is 0 Å². The van der Waals surface area contributed by atoms with E-state index in [1.54, 1.807) is 19.2 Å². The smallest absolute Gasteiger partial charge is 0.312 e. The largest absolute Gasteiger partial charge is 0.496 e. The number of rotatable bonds is 2. The normalized spacial score (nSPS) is 18.0. The predicted molar refractivity (Wildman–Crippen MR) is 94.9 cm³/mol. The number of methoxy groups -OCH3 is 1. The van der Waals surface area contributed by atoms with Gasteiger partial charge in [0.25, 0.3) is 0 Å². The maximum atomic E-state index is 12.6. The van der Waals surface area contributed by atoms with Gasteiger partial charge in [-0.25, -0.2) is 0 Å². The number of fused-ring (bicyclic) bond motifs is 3. The summed E-state index contributed by atoms with van der Waals surface area (Å²) in [4.78, 5) is 24.8. The van der Waals surface area contributed by atoms with Gasteiger partial charge in [-0.1, -0.05) is 18.2 Å².